The first-order chi connectivity index (χ1) is 28.8. The van der Waals surface area contributed by atoms with Gasteiger partial charge in [0.25, 0.3) is 11.8 Å². The first kappa shape index (κ1) is 44.6. The van der Waals surface area contributed by atoms with Crippen LogP contribution in [-0.2, 0) is 6.18 Å². The van der Waals surface area contributed by atoms with Crippen molar-refractivity contribution in [2.75, 3.05) is 0 Å². The van der Waals surface area contributed by atoms with E-state index in [1.54, 1.807) is 27.6 Å². The number of hydrogen-bond acceptors (Lipinski definition) is 8. The van der Waals surface area contributed by atoms with E-state index in [4.69, 9.17) is 11.6 Å². The Morgan fingerprint density at radius 2 is 1.15 bits per heavy atom. The maximum absolute atomic E-state index is 13.0. The third-order valence-corrected chi connectivity index (χ3v) is 10.9. The van der Waals surface area contributed by atoms with E-state index in [-0.39, 0.29) is 23.3 Å². The molecule has 0 unspecified atom stereocenters. The van der Waals surface area contributed by atoms with Gasteiger partial charge in [0, 0.05) is 39.1 Å². The molecule has 16 heteroatoms. The summed E-state index contributed by atoms with van der Waals surface area (Å²) in [5.74, 6) is 1.46. The molecule has 0 aliphatic heterocycles. The van der Waals surface area contributed by atoms with E-state index in [2.05, 4.69) is 48.6 Å². The highest BCUT2D eigenvalue weighted by molar-refractivity contribution is 6.30. The van der Waals surface area contributed by atoms with Crippen LogP contribution in [0.3, 0.4) is 0 Å². The van der Waals surface area contributed by atoms with Crippen molar-refractivity contribution < 1.29 is 22.8 Å². The van der Waals surface area contributed by atoms with Crippen molar-refractivity contribution in [2.45, 2.75) is 110 Å². The van der Waals surface area contributed by atoms with Crippen LogP contribution in [0.15, 0.2) is 84.9 Å². The lowest BCUT2D eigenvalue weighted by Gasteiger charge is -2.24. The Morgan fingerprint density at radius 3 is 1.61 bits per heavy atom. The highest BCUT2D eigenvalue weighted by Gasteiger charge is 2.31. The molecule has 2 amide bonds. The second-order valence-corrected chi connectivity index (χ2v) is 17.3. The number of nitrogens with one attached hydrogen (secondary N) is 2. The van der Waals surface area contributed by atoms with Crippen molar-refractivity contribution in [1.82, 2.24) is 51.0 Å². The molecule has 0 spiro atoms. The Labute approximate surface area is 358 Å². The average Bonchev–Trinajstić information content (AvgIpc) is 3.72. The van der Waals surface area contributed by atoms with E-state index in [0.717, 1.165) is 60.5 Å². The zero-order valence-corrected chi connectivity index (χ0v) is 36.2. The topological polar surface area (TPSA) is 145 Å². The third-order valence-electron chi connectivity index (χ3n) is 10.7. The molecule has 1 aliphatic carbocycles. The van der Waals surface area contributed by atoms with Crippen molar-refractivity contribution >= 4 is 23.4 Å². The minimum atomic E-state index is -4.42. The van der Waals surface area contributed by atoms with Crippen LogP contribution in [0.2, 0.25) is 5.02 Å². The summed E-state index contributed by atoms with van der Waals surface area (Å²) in [4.78, 5) is 26.0. The third kappa shape index (κ3) is 11.1. The van der Waals surface area contributed by atoms with E-state index in [1.165, 1.54) is 12.1 Å². The Bertz CT molecular complexity index is 2490. The molecule has 1 fully saturated rings. The number of rotatable bonds is 12. The minimum Gasteiger partial charge on any atom is -0.347 e. The van der Waals surface area contributed by atoms with Gasteiger partial charge in [0.05, 0.1) is 16.9 Å². The van der Waals surface area contributed by atoms with Crippen molar-refractivity contribution in [1.29, 1.82) is 0 Å². The molecule has 2 heterocycles. The van der Waals surface area contributed by atoms with Crippen LogP contribution in [-0.4, -0.2) is 63.3 Å². The van der Waals surface area contributed by atoms with E-state index < -0.39 is 17.3 Å². The van der Waals surface area contributed by atoms with Crippen molar-refractivity contribution in [3.63, 3.8) is 0 Å². The number of nitrogens with zero attached hydrogens (tertiary/aromatic N) is 8. The summed E-state index contributed by atoms with van der Waals surface area (Å²) in [6.45, 7) is 15.8. The van der Waals surface area contributed by atoms with Crippen LogP contribution in [0.4, 0.5) is 13.2 Å². The van der Waals surface area contributed by atoms with Gasteiger partial charge < -0.3 is 10.6 Å². The highest BCUT2D eigenvalue weighted by Crippen LogP contribution is 2.39. The zero-order valence-electron chi connectivity index (χ0n) is 35.5. The number of carbonyl (C=O) groups excluding carboxylic acids is 2. The molecular formula is C45H50ClF3N10O2. The first-order valence-electron chi connectivity index (χ1n) is 20.2. The summed E-state index contributed by atoms with van der Waals surface area (Å²) >= 11 is 6.05. The van der Waals surface area contributed by atoms with E-state index in [1.807, 2.05) is 90.9 Å². The number of aromatic nitrogens is 8. The zero-order chi connectivity index (χ0) is 44.3. The Hall–Kier alpha value is -5.96. The number of tetrazole rings is 2. The lowest BCUT2D eigenvalue weighted by atomic mass is 9.98. The van der Waals surface area contributed by atoms with Gasteiger partial charge in [0.2, 0.25) is 0 Å². The molecule has 2 aromatic heterocycles. The lowest BCUT2D eigenvalue weighted by molar-refractivity contribution is -0.137. The molecule has 0 atom stereocenters. The summed E-state index contributed by atoms with van der Waals surface area (Å²) in [6, 6.07) is 23.3. The molecular weight excluding hydrogens is 805 g/mol. The summed E-state index contributed by atoms with van der Waals surface area (Å²) in [7, 11) is 0. The van der Waals surface area contributed by atoms with Crippen LogP contribution in [0.1, 0.15) is 131 Å². The SMILES string of the molecule is CCC(C)(C)NC(=O)c1cc(-c2ccc(C(F)(F)F)cc2)cc(-n2nnnc2C(C)C)c1.CCC(C)(C)NC(=O)c1cc(-c2ccc(Cl)cc2)cc(-n2nnnc2C2CC2)c1. The van der Waals surface area contributed by atoms with Gasteiger partial charge in [-0.05, 0) is 157 Å². The van der Waals surface area contributed by atoms with Crippen LogP contribution >= 0.6 is 11.6 Å². The van der Waals surface area contributed by atoms with E-state index >= 15 is 0 Å². The fraction of sp³-hybridized carbons (Fsp3) is 0.378. The van der Waals surface area contributed by atoms with Crippen LogP contribution in [0.5, 0.6) is 0 Å². The first-order valence-corrected chi connectivity index (χ1v) is 20.6. The normalized spacial score (nSPS) is 13.1. The number of alkyl halides is 3. The van der Waals surface area contributed by atoms with Crippen molar-refractivity contribution in [3.05, 3.63) is 118 Å². The molecule has 320 valence electrons. The smallest absolute Gasteiger partial charge is 0.347 e. The van der Waals surface area contributed by atoms with E-state index in [0.29, 0.717) is 44.7 Å². The molecule has 1 aliphatic rings. The fourth-order valence-corrected chi connectivity index (χ4v) is 6.33. The van der Waals surface area contributed by atoms with Gasteiger partial charge >= 0.3 is 6.18 Å². The van der Waals surface area contributed by atoms with Crippen LogP contribution in [0, 0.1) is 0 Å². The quantitative estimate of drug-likeness (QED) is 0.124. The second-order valence-electron chi connectivity index (χ2n) is 16.8. The minimum absolute atomic E-state index is 0.0241. The Morgan fingerprint density at radius 1 is 0.689 bits per heavy atom. The lowest BCUT2D eigenvalue weighted by Crippen LogP contribution is -2.42. The highest BCUT2D eigenvalue weighted by atomic mass is 35.5. The van der Waals surface area contributed by atoms with Crippen LogP contribution < -0.4 is 10.6 Å². The Balaban J connectivity index is 0.000000205. The number of halogens is 4. The van der Waals surface area contributed by atoms with Crippen molar-refractivity contribution in [2.24, 2.45) is 0 Å². The molecule has 6 aromatic rings. The van der Waals surface area contributed by atoms with Crippen molar-refractivity contribution in [3.8, 4) is 33.6 Å². The number of hydrogen-bond donors (Lipinski definition) is 2. The second kappa shape index (κ2) is 17.9. The van der Waals surface area contributed by atoms with E-state index in [9.17, 15) is 22.8 Å². The summed E-state index contributed by atoms with van der Waals surface area (Å²) in [6.07, 6.45) is -0.670. The predicted octanol–water partition coefficient (Wildman–Crippen LogP) is 10.2. The largest absolute Gasteiger partial charge is 0.416 e. The standard InChI is InChI=1S/C23H26F3N5O.C22H24ClN5O/c1-6-22(4,5)27-21(32)17-11-16(15-7-9-18(10-8-15)23(24,25)26)12-19(13-17)31-20(14(2)3)28-29-30-31;1-4-22(2,3)24-21(29)17-11-16(14-7-9-18(23)10-8-14)12-19(13-17)28-20(15-5-6-15)25-26-27-28/h7-14H,6H2,1-5H3,(H,27,32);7-13,15H,4-6H2,1-3H3,(H,24,29). The molecule has 0 radical (unpaired) electrons. The summed E-state index contributed by atoms with van der Waals surface area (Å²) in [5, 5.41) is 30.9. The maximum atomic E-state index is 13.0. The monoisotopic (exact) mass is 854 g/mol. The Kier molecular flexibility index (Phi) is 13.1. The molecule has 4 aromatic carbocycles. The molecule has 7 rings (SSSR count). The van der Waals surface area contributed by atoms with Gasteiger partial charge in [-0.2, -0.15) is 22.5 Å². The summed E-state index contributed by atoms with van der Waals surface area (Å²) in [5.41, 5.74) is 3.85. The maximum Gasteiger partial charge on any atom is 0.416 e. The van der Waals surface area contributed by atoms with Gasteiger partial charge in [-0.25, -0.2) is 0 Å². The van der Waals surface area contributed by atoms with Gasteiger partial charge in [0.1, 0.15) is 0 Å². The molecule has 0 saturated heterocycles. The molecule has 61 heavy (non-hydrogen) atoms. The summed E-state index contributed by atoms with van der Waals surface area (Å²) < 4.78 is 42.2. The van der Waals surface area contributed by atoms with Gasteiger partial charge in [-0.15, -0.1) is 10.2 Å². The van der Waals surface area contributed by atoms with Gasteiger partial charge in [0.15, 0.2) is 11.6 Å². The number of benzene rings is 4. The molecule has 1 saturated carbocycles. The van der Waals surface area contributed by atoms with Gasteiger partial charge in [-0.1, -0.05) is 63.6 Å². The van der Waals surface area contributed by atoms with Gasteiger partial charge in [-0.3, -0.25) is 9.59 Å². The number of carbonyl (C=O) groups is 2. The predicted molar refractivity (Wildman–Crippen MR) is 229 cm³/mol. The molecule has 0 bridgehead atoms. The average molecular weight is 855 g/mol. The molecule has 12 nitrogen and oxygen atoms in total. The fourth-order valence-electron chi connectivity index (χ4n) is 6.20. The van der Waals surface area contributed by atoms with Crippen LogP contribution in [0.25, 0.3) is 33.6 Å². The molecule has 2 N–H and O–H groups in total. The number of amides is 2.